The summed E-state index contributed by atoms with van der Waals surface area (Å²) < 4.78 is 147. The van der Waals surface area contributed by atoms with Gasteiger partial charge in [0, 0.05) is 11.1 Å². The predicted molar refractivity (Wildman–Crippen MR) is 116 cm³/mol. The maximum absolute atomic E-state index is 14.9. The van der Waals surface area contributed by atoms with Gasteiger partial charge in [-0.05, 0) is 35.5 Å². The Morgan fingerprint density at radius 3 is 1.71 bits per heavy atom. The summed E-state index contributed by atoms with van der Waals surface area (Å²) in [7, 11) is -6.97. The van der Waals surface area contributed by atoms with E-state index in [2.05, 4.69) is 31.9 Å². The third-order valence-electron chi connectivity index (χ3n) is 5.61. The van der Waals surface area contributed by atoms with Gasteiger partial charge in [-0.2, -0.15) is 30.7 Å². The van der Waals surface area contributed by atoms with E-state index in [4.69, 9.17) is 0 Å². The molecule has 0 N–H and O–H groups in total. The minimum Gasteiger partial charge on any atom is -0.221 e. The Morgan fingerprint density at radius 1 is 0.800 bits per heavy atom. The first-order valence-electron chi connectivity index (χ1n) is 9.47. The summed E-state index contributed by atoms with van der Waals surface area (Å²) in [6.07, 6.45) is -8.10. The molecule has 0 heterocycles. The molecule has 2 unspecified atom stereocenters. The van der Waals surface area contributed by atoms with E-state index in [1.807, 2.05) is 0 Å². The fraction of sp³-hybridized carbons (Fsp3) is 0.333. The fourth-order valence-corrected chi connectivity index (χ4v) is 8.72. The molecule has 0 radical (unpaired) electrons. The van der Waals surface area contributed by atoms with Crippen LogP contribution in [0.4, 0.5) is 39.5 Å². The van der Waals surface area contributed by atoms with Crippen LogP contribution in [0.15, 0.2) is 59.1 Å². The fourth-order valence-electron chi connectivity index (χ4n) is 3.97. The van der Waals surface area contributed by atoms with Crippen molar-refractivity contribution in [2.45, 2.75) is 39.3 Å². The van der Waals surface area contributed by atoms with Crippen LogP contribution in [0.1, 0.15) is 24.0 Å². The number of sulfone groups is 1. The minimum absolute atomic E-state index is 0.290. The molecule has 0 fully saturated rings. The lowest BCUT2D eigenvalue weighted by Crippen LogP contribution is -2.61. The number of alkyl halides is 8. The van der Waals surface area contributed by atoms with Crippen LogP contribution in [-0.4, -0.2) is 25.8 Å². The Morgan fingerprint density at radius 2 is 1.26 bits per heavy atom. The van der Waals surface area contributed by atoms with Gasteiger partial charge in [-0.15, -0.1) is 0 Å². The lowest BCUT2D eigenvalue weighted by molar-refractivity contribution is -0.332. The standard InChI is InChI=1S/C21H13Br2F9O2S/c22-12-9-17(23,13-5-1-3-7-15(13)24)11-18(10-12,14-6-2-4-8-16(14)25)35(33,34)21(31,32)19(26,27)20(28,29)30/h1-8,10H,9,11H2. The van der Waals surface area contributed by atoms with Crippen LogP contribution < -0.4 is 0 Å². The highest BCUT2D eigenvalue weighted by molar-refractivity contribution is 9.12. The molecular weight excluding hydrogens is 647 g/mol. The number of allylic oxidation sites excluding steroid dienone is 1. The summed E-state index contributed by atoms with van der Waals surface area (Å²) in [5.74, 6) is -9.47. The highest BCUT2D eigenvalue weighted by Gasteiger charge is 2.81. The van der Waals surface area contributed by atoms with Crippen LogP contribution in [-0.2, 0) is 18.9 Å². The molecule has 2 aromatic rings. The van der Waals surface area contributed by atoms with Gasteiger partial charge in [0.25, 0.3) is 0 Å². The Bertz CT molecular complexity index is 1280. The van der Waals surface area contributed by atoms with Crippen molar-refractivity contribution in [3.63, 3.8) is 0 Å². The first-order chi connectivity index (χ1) is 15.8. The second kappa shape index (κ2) is 8.79. The molecule has 2 atom stereocenters. The molecule has 0 aromatic heterocycles. The van der Waals surface area contributed by atoms with Crippen LogP contribution in [0.2, 0.25) is 0 Å². The summed E-state index contributed by atoms with van der Waals surface area (Å²) in [5, 5.41) is -6.75. The first-order valence-corrected chi connectivity index (χ1v) is 12.5. The van der Waals surface area contributed by atoms with Crippen molar-refractivity contribution in [3.8, 4) is 0 Å². The van der Waals surface area contributed by atoms with E-state index < -0.39 is 59.9 Å². The number of halogens is 11. The lowest BCUT2D eigenvalue weighted by atomic mass is 9.78. The molecule has 1 aliphatic rings. The topological polar surface area (TPSA) is 34.1 Å². The van der Waals surface area contributed by atoms with E-state index in [0.717, 1.165) is 24.3 Å². The lowest BCUT2D eigenvalue weighted by Gasteiger charge is -2.45. The second-order valence-corrected chi connectivity index (χ2v) is 12.6. The van der Waals surface area contributed by atoms with E-state index >= 15 is 0 Å². The van der Waals surface area contributed by atoms with Crippen LogP contribution in [0.25, 0.3) is 0 Å². The van der Waals surface area contributed by atoms with Gasteiger partial charge in [-0.3, -0.25) is 0 Å². The molecule has 0 bridgehead atoms. The molecule has 2 aromatic carbocycles. The molecule has 0 aliphatic heterocycles. The highest BCUT2D eigenvalue weighted by Crippen LogP contribution is 2.61. The van der Waals surface area contributed by atoms with Crippen molar-refractivity contribution >= 4 is 41.7 Å². The summed E-state index contributed by atoms with van der Waals surface area (Å²) in [6.45, 7) is 0. The average Bonchev–Trinajstić information content (AvgIpc) is 2.72. The van der Waals surface area contributed by atoms with Gasteiger partial charge < -0.3 is 0 Å². The smallest absolute Gasteiger partial charge is 0.221 e. The largest absolute Gasteiger partial charge is 0.461 e. The molecule has 192 valence electrons. The van der Waals surface area contributed by atoms with Crippen LogP contribution in [0.3, 0.4) is 0 Å². The molecular formula is C21H13Br2F9O2S. The predicted octanol–water partition coefficient (Wildman–Crippen LogP) is 7.73. The minimum atomic E-state index is -7.04. The van der Waals surface area contributed by atoms with E-state index in [0.29, 0.717) is 18.2 Å². The molecule has 1 aliphatic carbocycles. The zero-order valence-corrected chi connectivity index (χ0v) is 21.0. The van der Waals surface area contributed by atoms with Crippen molar-refractivity contribution < 1.29 is 47.9 Å². The second-order valence-electron chi connectivity index (χ2n) is 7.85. The van der Waals surface area contributed by atoms with Gasteiger partial charge in [-0.25, -0.2) is 17.2 Å². The maximum atomic E-state index is 14.9. The van der Waals surface area contributed by atoms with Crippen molar-refractivity contribution in [3.05, 3.63) is 81.9 Å². The summed E-state index contributed by atoms with van der Waals surface area (Å²) in [5.41, 5.74) is -1.43. The van der Waals surface area contributed by atoms with Crippen LogP contribution in [0.5, 0.6) is 0 Å². The molecule has 0 saturated carbocycles. The Kier molecular flexibility index (Phi) is 7.04. The maximum Gasteiger partial charge on any atom is 0.461 e. The zero-order valence-electron chi connectivity index (χ0n) is 17.0. The average molecular weight is 660 g/mol. The summed E-state index contributed by atoms with van der Waals surface area (Å²) in [4.78, 5) is 0. The van der Waals surface area contributed by atoms with Crippen molar-refractivity contribution in [2.24, 2.45) is 0 Å². The molecule has 3 rings (SSSR count). The first kappa shape index (κ1) is 28.0. The van der Waals surface area contributed by atoms with Gasteiger partial charge in [0.15, 0.2) is 0 Å². The van der Waals surface area contributed by atoms with E-state index in [-0.39, 0.29) is 16.5 Å². The third-order valence-corrected chi connectivity index (χ3v) is 9.48. The monoisotopic (exact) mass is 658 g/mol. The molecule has 35 heavy (non-hydrogen) atoms. The van der Waals surface area contributed by atoms with Crippen molar-refractivity contribution in [1.82, 2.24) is 0 Å². The van der Waals surface area contributed by atoms with Gasteiger partial charge >= 0.3 is 17.4 Å². The van der Waals surface area contributed by atoms with Crippen molar-refractivity contribution in [1.29, 1.82) is 0 Å². The Balaban J connectivity index is 2.42. The third kappa shape index (κ3) is 4.22. The van der Waals surface area contributed by atoms with E-state index in [9.17, 15) is 47.9 Å². The molecule has 2 nitrogen and oxygen atoms in total. The number of rotatable bonds is 5. The summed E-state index contributed by atoms with van der Waals surface area (Å²) in [6, 6.07) is 7.95. The van der Waals surface area contributed by atoms with Gasteiger partial charge in [0.2, 0.25) is 9.84 Å². The zero-order chi connectivity index (χ0) is 26.7. The highest BCUT2D eigenvalue weighted by atomic mass is 79.9. The molecule has 0 spiro atoms. The van der Waals surface area contributed by atoms with Gasteiger partial charge in [0.1, 0.15) is 16.4 Å². The number of hydrogen-bond donors (Lipinski definition) is 0. The number of benzene rings is 2. The Labute approximate surface area is 210 Å². The SMILES string of the molecule is O=S(=O)(C1(c2ccccc2F)C=C(Br)CC(Br)(c2ccccc2F)C1)C(F)(F)C(F)(F)C(F)(F)F. The van der Waals surface area contributed by atoms with Crippen LogP contribution >= 0.6 is 31.9 Å². The molecule has 0 saturated heterocycles. The normalized spacial score (nSPS) is 24.3. The van der Waals surface area contributed by atoms with Gasteiger partial charge in [0.05, 0.1) is 4.32 Å². The number of hydrogen-bond acceptors (Lipinski definition) is 2. The Hall–Kier alpha value is -1.54. The molecule has 14 heteroatoms. The summed E-state index contributed by atoms with van der Waals surface area (Å²) >= 11 is 5.99. The van der Waals surface area contributed by atoms with E-state index in [1.54, 1.807) is 0 Å². The molecule has 0 amide bonds. The van der Waals surface area contributed by atoms with Crippen molar-refractivity contribution in [2.75, 3.05) is 0 Å². The van der Waals surface area contributed by atoms with E-state index in [1.165, 1.54) is 12.1 Å². The van der Waals surface area contributed by atoms with Crippen LogP contribution in [0, 0.1) is 11.6 Å². The quantitative estimate of drug-likeness (QED) is 0.243. The van der Waals surface area contributed by atoms with Gasteiger partial charge in [-0.1, -0.05) is 68.3 Å².